The van der Waals surface area contributed by atoms with Crippen LogP contribution in [0.3, 0.4) is 0 Å². The van der Waals surface area contributed by atoms with E-state index in [1.807, 2.05) is 0 Å². The molecule has 0 rings (SSSR count). The van der Waals surface area contributed by atoms with Gasteiger partial charge in [0, 0.05) is 0 Å². The maximum Gasteiger partial charge on any atom is 0.309 e. The highest BCUT2D eigenvalue weighted by Gasteiger charge is 2.26. The third-order valence-corrected chi connectivity index (χ3v) is 2.00. The van der Waals surface area contributed by atoms with Crippen LogP contribution < -0.4 is 0 Å². The largest absolute Gasteiger partial charge is 0.481 e. The number of aliphatic hydroxyl groups excluding tert-OH is 1. The number of aliphatic carboxylic acids is 1. The van der Waals surface area contributed by atoms with Gasteiger partial charge in [0.15, 0.2) is 0 Å². The SMILES string of the molecule is CC(O)CCCC(C)(C)C(=O)O. The molecule has 0 aliphatic rings. The zero-order chi connectivity index (χ0) is 9.78. The summed E-state index contributed by atoms with van der Waals surface area (Å²) < 4.78 is 0. The van der Waals surface area contributed by atoms with Gasteiger partial charge in [-0.15, -0.1) is 0 Å². The molecule has 3 nitrogen and oxygen atoms in total. The third kappa shape index (κ3) is 4.34. The molecule has 0 radical (unpaired) electrons. The van der Waals surface area contributed by atoms with Crippen molar-refractivity contribution in [1.29, 1.82) is 0 Å². The lowest BCUT2D eigenvalue weighted by molar-refractivity contribution is -0.147. The quantitative estimate of drug-likeness (QED) is 0.666. The molecule has 0 spiro atoms. The Morgan fingerprint density at radius 2 is 2.00 bits per heavy atom. The van der Waals surface area contributed by atoms with Crippen LogP contribution in [0.5, 0.6) is 0 Å². The number of hydrogen-bond donors (Lipinski definition) is 2. The number of carbonyl (C=O) groups is 1. The molecule has 0 fully saturated rings. The van der Waals surface area contributed by atoms with E-state index in [0.717, 1.165) is 6.42 Å². The molecule has 0 saturated carbocycles. The maximum absolute atomic E-state index is 10.6. The summed E-state index contributed by atoms with van der Waals surface area (Å²) in [6.45, 7) is 5.13. The zero-order valence-electron chi connectivity index (χ0n) is 8.00. The average molecular weight is 174 g/mol. The van der Waals surface area contributed by atoms with Gasteiger partial charge in [-0.1, -0.05) is 0 Å². The minimum Gasteiger partial charge on any atom is -0.481 e. The monoisotopic (exact) mass is 174 g/mol. The lowest BCUT2D eigenvalue weighted by Gasteiger charge is -2.18. The van der Waals surface area contributed by atoms with Gasteiger partial charge in [-0.2, -0.15) is 0 Å². The van der Waals surface area contributed by atoms with Crippen molar-refractivity contribution in [3.05, 3.63) is 0 Å². The second kappa shape index (κ2) is 4.45. The number of carboxylic acids is 1. The van der Waals surface area contributed by atoms with Gasteiger partial charge in [0.05, 0.1) is 11.5 Å². The predicted molar refractivity (Wildman–Crippen MR) is 46.9 cm³/mol. The van der Waals surface area contributed by atoms with Crippen molar-refractivity contribution in [2.24, 2.45) is 5.41 Å². The summed E-state index contributed by atoms with van der Waals surface area (Å²) >= 11 is 0. The first-order chi connectivity index (χ1) is 5.36. The van der Waals surface area contributed by atoms with Gasteiger partial charge in [-0.05, 0) is 40.0 Å². The zero-order valence-corrected chi connectivity index (χ0v) is 8.00. The fourth-order valence-corrected chi connectivity index (χ4v) is 0.946. The molecule has 0 amide bonds. The summed E-state index contributed by atoms with van der Waals surface area (Å²) in [5.74, 6) is -0.770. The lowest BCUT2D eigenvalue weighted by Crippen LogP contribution is -2.23. The molecule has 3 heteroatoms. The van der Waals surface area contributed by atoms with Crippen molar-refractivity contribution >= 4 is 5.97 Å². The van der Waals surface area contributed by atoms with E-state index in [1.165, 1.54) is 0 Å². The topological polar surface area (TPSA) is 57.5 Å². The van der Waals surface area contributed by atoms with Crippen LogP contribution in [0.25, 0.3) is 0 Å². The van der Waals surface area contributed by atoms with Crippen molar-refractivity contribution in [2.45, 2.75) is 46.1 Å². The van der Waals surface area contributed by atoms with Crippen molar-refractivity contribution in [2.75, 3.05) is 0 Å². The fourth-order valence-electron chi connectivity index (χ4n) is 0.946. The molecular weight excluding hydrogens is 156 g/mol. The highest BCUT2D eigenvalue weighted by molar-refractivity contribution is 5.73. The second-order valence-corrected chi connectivity index (χ2v) is 3.93. The number of carboxylic acid groups (broad SMARTS) is 1. The predicted octanol–water partition coefficient (Wildman–Crippen LogP) is 1.65. The van der Waals surface area contributed by atoms with Crippen LogP contribution in [-0.4, -0.2) is 22.3 Å². The summed E-state index contributed by atoms with van der Waals surface area (Å²) in [5.41, 5.74) is -0.658. The summed E-state index contributed by atoms with van der Waals surface area (Å²) in [6, 6.07) is 0. The molecule has 0 heterocycles. The van der Waals surface area contributed by atoms with Crippen LogP contribution in [0.4, 0.5) is 0 Å². The Morgan fingerprint density at radius 1 is 1.50 bits per heavy atom. The molecular formula is C9H18O3. The van der Waals surface area contributed by atoms with Crippen LogP contribution in [0.15, 0.2) is 0 Å². The molecule has 0 aromatic carbocycles. The van der Waals surface area contributed by atoms with Gasteiger partial charge in [0.25, 0.3) is 0 Å². The van der Waals surface area contributed by atoms with E-state index in [-0.39, 0.29) is 6.10 Å². The molecule has 0 aromatic heterocycles. The van der Waals surface area contributed by atoms with Crippen LogP contribution in [0, 0.1) is 5.41 Å². The standard InChI is InChI=1S/C9H18O3/c1-7(10)5-4-6-9(2,3)8(11)12/h7,10H,4-6H2,1-3H3,(H,11,12). The molecule has 12 heavy (non-hydrogen) atoms. The first-order valence-corrected chi connectivity index (χ1v) is 4.28. The minimum atomic E-state index is -0.770. The summed E-state index contributed by atoms with van der Waals surface area (Å²) in [4.78, 5) is 10.6. The summed E-state index contributed by atoms with van der Waals surface area (Å²) in [7, 11) is 0. The smallest absolute Gasteiger partial charge is 0.309 e. The average Bonchev–Trinajstić information content (AvgIpc) is 1.85. The van der Waals surface area contributed by atoms with E-state index in [4.69, 9.17) is 10.2 Å². The van der Waals surface area contributed by atoms with Crippen LogP contribution in [-0.2, 0) is 4.79 Å². The Morgan fingerprint density at radius 3 is 2.33 bits per heavy atom. The van der Waals surface area contributed by atoms with E-state index in [1.54, 1.807) is 20.8 Å². The number of hydrogen-bond acceptors (Lipinski definition) is 2. The van der Waals surface area contributed by atoms with E-state index >= 15 is 0 Å². The molecule has 0 aliphatic heterocycles. The van der Waals surface area contributed by atoms with Crippen LogP contribution in [0.2, 0.25) is 0 Å². The Bertz CT molecular complexity index is 150. The number of aliphatic hydroxyl groups is 1. The van der Waals surface area contributed by atoms with Crippen molar-refractivity contribution in [1.82, 2.24) is 0 Å². The van der Waals surface area contributed by atoms with Gasteiger partial charge in [-0.25, -0.2) is 0 Å². The van der Waals surface area contributed by atoms with E-state index in [9.17, 15) is 4.79 Å². The minimum absolute atomic E-state index is 0.324. The molecule has 2 N–H and O–H groups in total. The Hall–Kier alpha value is -0.570. The number of rotatable bonds is 5. The summed E-state index contributed by atoms with van der Waals surface area (Å²) in [6.07, 6.45) is 1.73. The van der Waals surface area contributed by atoms with Gasteiger partial charge < -0.3 is 10.2 Å². The highest BCUT2D eigenvalue weighted by atomic mass is 16.4. The molecule has 1 atom stereocenters. The third-order valence-electron chi connectivity index (χ3n) is 2.00. The molecule has 0 aliphatic carbocycles. The van der Waals surface area contributed by atoms with E-state index < -0.39 is 11.4 Å². The van der Waals surface area contributed by atoms with Gasteiger partial charge in [0.2, 0.25) is 0 Å². The van der Waals surface area contributed by atoms with Crippen molar-refractivity contribution < 1.29 is 15.0 Å². The van der Waals surface area contributed by atoms with Gasteiger partial charge >= 0.3 is 5.97 Å². The molecule has 0 bridgehead atoms. The Kier molecular flexibility index (Phi) is 4.24. The van der Waals surface area contributed by atoms with Crippen molar-refractivity contribution in [3.8, 4) is 0 Å². The summed E-state index contributed by atoms with van der Waals surface area (Å²) in [5, 5.41) is 17.7. The Balaban J connectivity index is 3.69. The maximum atomic E-state index is 10.6. The molecule has 1 unspecified atom stereocenters. The van der Waals surface area contributed by atoms with Gasteiger partial charge in [0.1, 0.15) is 0 Å². The van der Waals surface area contributed by atoms with E-state index in [0.29, 0.717) is 12.8 Å². The Labute approximate surface area is 73.4 Å². The van der Waals surface area contributed by atoms with Crippen LogP contribution in [0.1, 0.15) is 40.0 Å². The van der Waals surface area contributed by atoms with Gasteiger partial charge in [-0.3, -0.25) is 4.79 Å². The molecule has 0 aromatic rings. The first-order valence-electron chi connectivity index (χ1n) is 4.28. The van der Waals surface area contributed by atoms with E-state index in [2.05, 4.69) is 0 Å². The molecule has 72 valence electrons. The fraction of sp³-hybridized carbons (Fsp3) is 0.889. The lowest BCUT2D eigenvalue weighted by atomic mass is 9.87. The van der Waals surface area contributed by atoms with Crippen molar-refractivity contribution in [3.63, 3.8) is 0 Å². The normalized spacial score (nSPS) is 14.3. The highest BCUT2D eigenvalue weighted by Crippen LogP contribution is 2.23. The molecule has 0 saturated heterocycles. The first kappa shape index (κ1) is 11.4. The second-order valence-electron chi connectivity index (χ2n) is 3.93. The van der Waals surface area contributed by atoms with Crippen LogP contribution >= 0.6 is 0 Å².